The molecule has 1 atom stereocenters. The van der Waals surface area contributed by atoms with Gasteiger partial charge in [-0.1, -0.05) is 0 Å². The number of fused-ring (bicyclic) bond motifs is 1. The van der Waals surface area contributed by atoms with Crippen molar-refractivity contribution in [2.75, 3.05) is 52.5 Å². The lowest BCUT2D eigenvalue weighted by molar-refractivity contribution is 0.0569. The van der Waals surface area contributed by atoms with Gasteiger partial charge in [0.2, 0.25) is 10.0 Å². The van der Waals surface area contributed by atoms with Crippen LogP contribution in [0.3, 0.4) is 0 Å². The number of halogens is 1. The zero-order valence-corrected chi connectivity index (χ0v) is 18.5. The Balaban J connectivity index is 1.29. The Bertz CT molecular complexity index is 1010. The molecule has 0 saturated carbocycles. The molecular weight excluding hydrogens is 439 g/mol. The molecule has 2 aliphatic heterocycles. The Morgan fingerprint density at radius 2 is 1.69 bits per heavy atom. The molecule has 8 nitrogen and oxygen atoms in total. The van der Waals surface area contributed by atoms with Gasteiger partial charge in [-0.15, -0.1) is 0 Å². The number of hydrogen-bond donors (Lipinski definition) is 1. The normalized spacial score (nSPS) is 18.7. The van der Waals surface area contributed by atoms with E-state index in [4.69, 9.17) is 14.2 Å². The molecule has 0 bridgehead atoms. The second-order valence-electron chi connectivity index (χ2n) is 7.78. The molecule has 2 aliphatic rings. The minimum atomic E-state index is -3.66. The maximum Gasteiger partial charge on any atom is 0.243 e. The van der Waals surface area contributed by atoms with E-state index in [1.54, 1.807) is 12.1 Å². The number of ether oxygens (including phenoxy) is 3. The van der Waals surface area contributed by atoms with Crippen molar-refractivity contribution in [1.29, 1.82) is 0 Å². The highest BCUT2D eigenvalue weighted by molar-refractivity contribution is 7.89. The summed E-state index contributed by atoms with van der Waals surface area (Å²) in [7, 11) is -3.66. The standard InChI is InChI=1S/C22H27FN2O6S/c23-17-2-4-19(5-3-17)31-16-18(26)15-24-8-10-25(11-9-24)32(27,28)20-6-7-21-22(14-20)30-13-1-12-29-21/h2-7,14,18,26H,1,8-13,15-16H2/t18-/m1/s1. The zero-order valence-electron chi connectivity index (χ0n) is 17.7. The molecule has 0 unspecified atom stereocenters. The Kier molecular flexibility index (Phi) is 7.14. The highest BCUT2D eigenvalue weighted by atomic mass is 32.2. The SMILES string of the molecule is O=S(=O)(c1ccc2c(c1)OCCCO2)N1CCN(C[C@@H](O)COc2ccc(F)cc2)CC1. The fourth-order valence-electron chi connectivity index (χ4n) is 3.68. The molecular formula is C22H27FN2O6S. The number of hydrogen-bond acceptors (Lipinski definition) is 7. The number of benzene rings is 2. The Morgan fingerprint density at radius 1 is 1.00 bits per heavy atom. The molecule has 4 rings (SSSR count). The van der Waals surface area contributed by atoms with Crippen molar-refractivity contribution in [2.24, 2.45) is 0 Å². The van der Waals surface area contributed by atoms with Crippen LogP contribution in [-0.4, -0.2) is 81.4 Å². The minimum Gasteiger partial charge on any atom is -0.491 e. The highest BCUT2D eigenvalue weighted by Gasteiger charge is 2.30. The monoisotopic (exact) mass is 466 g/mol. The maximum atomic E-state index is 13.1. The van der Waals surface area contributed by atoms with Gasteiger partial charge in [-0.25, -0.2) is 12.8 Å². The van der Waals surface area contributed by atoms with E-state index in [1.807, 2.05) is 4.90 Å². The van der Waals surface area contributed by atoms with Crippen LogP contribution in [0.25, 0.3) is 0 Å². The van der Waals surface area contributed by atoms with Crippen LogP contribution >= 0.6 is 0 Å². The van der Waals surface area contributed by atoms with Gasteiger partial charge in [0.25, 0.3) is 0 Å². The van der Waals surface area contributed by atoms with Crippen LogP contribution in [-0.2, 0) is 10.0 Å². The average Bonchev–Trinajstić information content (AvgIpc) is 3.04. The van der Waals surface area contributed by atoms with Gasteiger partial charge in [-0.2, -0.15) is 4.31 Å². The van der Waals surface area contributed by atoms with E-state index < -0.39 is 16.1 Å². The van der Waals surface area contributed by atoms with Gasteiger partial charge in [0.05, 0.1) is 18.1 Å². The molecule has 32 heavy (non-hydrogen) atoms. The first-order chi connectivity index (χ1) is 15.4. The molecule has 2 heterocycles. The van der Waals surface area contributed by atoms with E-state index in [2.05, 4.69) is 0 Å². The predicted octanol–water partition coefficient (Wildman–Crippen LogP) is 1.73. The molecule has 0 radical (unpaired) electrons. The van der Waals surface area contributed by atoms with Crippen LogP contribution in [0.5, 0.6) is 17.2 Å². The molecule has 0 amide bonds. The number of nitrogens with zero attached hydrogens (tertiary/aromatic N) is 2. The van der Waals surface area contributed by atoms with Crippen molar-refractivity contribution in [3.8, 4) is 17.2 Å². The topological polar surface area (TPSA) is 88.5 Å². The van der Waals surface area contributed by atoms with Gasteiger partial charge in [-0.05, 0) is 36.4 Å². The Morgan fingerprint density at radius 3 is 2.41 bits per heavy atom. The summed E-state index contributed by atoms with van der Waals surface area (Å²) in [4.78, 5) is 2.18. The smallest absolute Gasteiger partial charge is 0.243 e. The van der Waals surface area contributed by atoms with Crippen LogP contribution < -0.4 is 14.2 Å². The van der Waals surface area contributed by atoms with Gasteiger partial charge < -0.3 is 19.3 Å². The third kappa shape index (κ3) is 5.50. The largest absolute Gasteiger partial charge is 0.491 e. The molecule has 174 valence electrons. The lowest BCUT2D eigenvalue weighted by atomic mass is 10.3. The summed E-state index contributed by atoms with van der Waals surface area (Å²) in [6.45, 7) is 3.10. The molecule has 1 fully saturated rings. The number of rotatable bonds is 7. The number of piperazine rings is 1. The first kappa shape index (κ1) is 22.8. The highest BCUT2D eigenvalue weighted by Crippen LogP contribution is 2.33. The fraction of sp³-hybridized carbons (Fsp3) is 0.455. The third-order valence-electron chi connectivity index (χ3n) is 5.41. The van der Waals surface area contributed by atoms with Crippen LogP contribution in [0.1, 0.15) is 6.42 Å². The van der Waals surface area contributed by atoms with E-state index in [9.17, 15) is 17.9 Å². The van der Waals surface area contributed by atoms with Crippen LogP contribution in [0, 0.1) is 5.82 Å². The lowest BCUT2D eigenvalue weighted by Gasteiger charge is -2.34. The minimum absolute atomic E-state index is 0.0708. The van der Waals surface area contributed by atoms with Crippen molar-refractivity contribution < 1.29 is 32.1 Å². The van der Waals surface area contributed by atoms with Crippen molar-refractivity contribution in [2.45, 2.75) is 17.4 Å². The van der Waals surface area contributed by atoms with Gasteiger partial charge in [-0.3, -0.25) is 4.90 Å². The van der Waals surface area contributed by atoms with E-state index >= 15 is 0 Å². The number of sulfonamides is 1. The Labute approximate surface area is 187 Å². The summed E-state index contributed by atoms with van der Waals surface area (Å²) in [6.07, 6.45) is 0.00409. The Hall–Kier alpha value is -2.40. The molecule has 2 aromatic carbocycles. The predicted molar refractivity (Wildman–Crippen MR) is 115 cm³/mol. The fourth-order valence-corrected chi connectivity index (χ4v) is 5.12. The van der Waals surface area contributed by atoms with Gasteiger partial charge in [0.15, 0.2) is 11.5 Å². The third-order valence-corrected chi connectivity index (χ3v) is 7.31. The van der Waals surface area contributed by atoms with Crippen molar-refractivity contribution in [3.63, 3.8) is 0 Å². The van der Waals surface area contributed by atoms with E-state index in [0.29, 0.717) is 63.2 Å². The van der Waals surface area contributed by atoms with E-state index in [0.717, 1.165) is 6.42 Å². The number of aliphatic hydroxyl groups is 1. The van der Waals surface area contributed by atoms with Crippen molar-refractivity contribution in [1.82, 2.24) is 9.21 Å². The zero-order chi connectivity index (χ0) is 22.6. The van der Waals surface area contributed by atoms with Crippen LogP contribution in [0.2, 0.25) is 0 Å². The van der Waals surface area contributed by atoms with Gasteiger partial charge >= 0.3 is 0 Å². The molecule has 1 saturated heterocycles. The van der Waals surface area contributed by atoms with Crippen LogP contribution in [0.15, 0.2) is 47.4 Å². The average molecular weight is 467 g/mol. The summed E-state index contributed by atoms with van der Waals surface area (Å²) in [6, 6.07) is 10.3. The first-order valence-corrected chi connectivity index (χ1v) is 12.0. The van der Waals surface area contributed by atoms with Crippen LogP contribution in [0.4, 0.5) is 4.39 Å². The summed E-state index contributed by atoms with van der Waals surface area (Å²) >= 11 is 0. The first-order valence-electron chi connectivity index (χ1n) is 10.6. The van der Waals surface area contributed by atoms with Crippen molar-refractivity contribution >= 4 is 10.0 Å². The summed E-state index contributed by atoms with van der Waals surface area (Å²) in [5.41, 5.74) is 0. The number of β-amino-alcohol motifs (C(OH)–C–C–N with tert-alkyl or cyclic N) is 1. The van der Waals surface area contributed by atoms with Gasteiger partial charge in [0, 0.05) is 45.2 Å². The van der Waals surface area contributed by atoms with Gasteiger partial charge in [0.1, 0.15) is 24.3 Å². The molecule has 0 aromatic heterocycles. The quantitative estimate of drug-likeness (QED) is 0.665. The lowest BCUT2D eigenvalue weighted by Crippen LogP contribution is -2.50. The van der Waals surface area contributed by atoms with Crippen molar-refractivity contribution in [3.05, 3.63) is 48.3 Å². The molecule has 0 spiro atoms. The molecule has 10 heteroatoms. The summed E-state index contributed by atoms with van der Waals surface area (Å²) < 4.78 is 57.2. The second-order valence-corrected chi connectivity index (χ2v) is 9.72. The van der Waals surface area contributed by atoms with E-state index in [1.165, 1.54) is 34.6 Å². The maximum absolute atomic E-state index is 13.1. The summed E-state index contributed by atoms with van der Waals surface area (Å²) in [5.74, 6) is 1.14. The molecule has 1 N–H and O–H groups in total. The number of aliphatic hydroxyl groups excluding tert-OH is 1. The van der Waals surface area contributed by atoms with E-state index in [-0.39, 0.29) is 17.3 Å². The summed E-state index contributed by atoms with van der Waals surface area (Å²) in [5, 5.41) is 10.3. The molecule has 2 aromatic rings. The molecule has 0 aliphatic carbocycles. The second kappa shape index (κ2) is 10.0.